The third kappa shape index (κ3) is 4.51. The molecule has 0 bridgehead atoms. The summed E-state index contributed by atoms with van der Waals surface area (Å²) in [6.07, 6.45) is 5.34. The molecule has 25 heavy (non-hydrogen) atoms. The summed E-state index contributed by atoms with van der Waals surface area (Å²) in [5, 5.41) is 2.97. The van der Waals surface area contributed by atoms with E-state index in [2.05, 4.69) is 42.3 Å². The molecule has 3 rings (SSSR count). The highest BCUT2D eigenvalue weighted by Gasteiger charge is 2.05. The summed E-state index contributed by atoms with van der Waals surface area (Å²) in [5.41, 5.74) is 4.25. The van der Waals surface area contributed by atoms with Crippen molar-refractivity contribution < 1.29 is 4.79 Å². The number of rotatable bonds is 6. The van der Waals surface area contributed by atoms with Crippen molar-refractivity contribution in [3.8, 4) is 5.69 Å². The van der Waals surface area contributed by atoms with Gasteiger partial charge in [0.1, 0.15) is 0 Å². The van der Waals surface area contributed by atoms with Gasteiger partial charge in [0.25, 0.3) is 5.91 Å². The zero-order valence-corrected chi connectivity index (χ0v) is 15.2. The first-order chi connectivity index (χ1) is 12.1. The van der Waals surface area contributed by atoms with Crippen LogP contribution in [0.15, 0.2) is 66.1 Å². The minimum Gasteiger partial charge on any atom is -0.351 e. The number of hydrogen-bond acceptors (Lipinski definition) is 3. The van der Waals surface area contributed by atoms with Crippen molar-refractivity contribution in [3.05, 3.63) is 77.9 Å². The van der Waals surface area contributed by atoms with Crippen LogP contribution < -0.4 is 5.32 Å². The van der Waals surface area contributed by atoms with Crippen LogP contribution in [0.1, 0.15) is 21.5 Å². The van der Waals surface area contributed by atoms with E-state index in [9.17, 15) is 4.79 Å². The molecule has 0 fully saturated rings. The molecule has 0 saturated heterocycles. The summed E-state index contributed by atoms with van der Waals surface area (Å²) in [6, 6.07) is 14.0. The van der Waals surface area contributed by atoms with Gasteiger partial charge in [-0.3, -0.25) is 4.79 Å². The Bertz CT molecular complexity index is 842. The Morgan fingerprint density at radius 3 is 2.60 bits per heavy atom. The quantitative estimate of drug-likeness (QED) is 0.539. The van der Waals surface area contributed by atoms with E-state index < -0.39 is 0 Å². The molecule has 128 valence electrons. The molecule has 1 amide bonds. The van der Waals surface area contributed by atoms with E-state index >= 15 is 0 Å². The Hall–Kier alpha value is -2.53. The fourth-order valence-corrected chi connectivity index (χ4v) is 3.30. The van der Waals surface area contributed by atoms with E-state index in [1.165, 1.54) is 16.0 Å². The van der Waals surface area contributed by atoms with Crippen molar-refractivity contribution in [3.63, 3.8) is 0 Å². The molecular formula is C20H21N3OS. The van der Waals surface area contributed by atoms with Gasteiger partial charge in [-0.15, -0.1) is 11.8 Å². The molecular weight excluding hydrogens is 330 g/mol. The van der Waals surface area contributed by atoms with Crippen LogP contribution in [0.3, 0.4) is 0 Å². The van der Waals surface area contributed by atoms with Crippen molar-refractivity contribution in [1.29, 1.82) is 0 Å². The standard InChI is InChI=1S/C20H21N3OS/c1-15-3-8-19(13-16(15)2)25-12-10-22-20(24)17-4-6-18(7-5-17)23-11-9-21-14-23/h3-9,11,13-14H,10,12H2,1-2H3,(H,22,24). The molecule has 0 aliphatic carbocycles. The molecule has 3 aromatic rings. The van der Waals surface area contributed by atoms with Crippen LogP contribution in [-0.4, -0.2) is 27.8 Å². The van der Waals surface area contributed by atoms with Crippen LogP contribution in [0.25, 0.3) is 5.69 Å². The number of amides is 1. The number of nitrogens with zero attached hydrogens (tertiary/aromatic N) is 2. The number of carbonyl (C=O) groups is 1. The normalized spacial score (nSPS) is 10.6. The third-order valence-corrected chi connectivity index (χ3v) is 5.06. The molecule has 1 aromatic heterocycles. The van der Waals surface area contributed by atoms with Crippen LogP contribution in [0, 0.1) is 13.8 Å². The minimum absolute atomic E-state index is 0.0436. The van der Waals surface area contributed by atoms with Crippen LogP contribution in [0.4, 0.5) is 0 Å². The molecule has 5 heteroatoms. The van der Waals surface area contributed by atoms with E-state index in [0.717, 1.165) is 11.4 Å². The Morgan fingerprint density at radius 2 is 1.92 bits per heavy atom. The fourth-order valence-electron chi connectivity index (χ4n) is 2.44. The van der Waals surface area contributed by atoms with Crippen LogP contribution >= 0.6 is 11.8 Å². The number of benzene rings is 2. The predicted molar refractivity (Wildman–Crippen MR) is 103 cm³/mol. The number of carbonyl (C=O) groups excluding carboxylic acids is 1. The second-order valence-corrected chi connectivity index (χ2v) is 7.04. The molecule has 0 aliphatic heterocycles. The van der Waals surface area contributed by atoms with Crippen molar-refractivity contribution >= 4 is 17.7 Å². The number of nitrogens with one attached hydrogen (secondary N) is 1. The second-order valence-electron chi connectivity index (χ2n) is 5.87. The summed E-state index contributed by atoms with van der Waals surface area (Å²) in [5.74, 6) is 0.805. The summed E-state index contributed by atoms with van der Waals surface area (Å²) in [7, 11) is 0. The Balaban J connectivity index is 1.48. The van der Waals surface area contributed by atoms with Crippen molar-refractivity contribution in [1.82, 2.24) is 14.9 Å². The highest BCUT2D eigenvalue weighted by atomic mass is 32.2. The number of aromatic nitrogens is 2. The fraction of sp³-hybridized carbons (Fsp3) is 0.200. The largest absolute Gasteiger partial charge is 0.351 e. The lowest BCUT2D eigenvalue weighted by Gasteiger charge is -2.08. The molecule has 2 aromatic carbocycles. The van der Waals surface area contributed by atoms with Gasteiger partial charge in [0.15, 0.2) is 0 Å². The van der Waals surface area contributed by atoms with Crippen LogP contribution in [0.5, 0.6) is 0 Å². The van der Waals surface area contributed by atoms with E-state index in [4.69, 9.17) is 0 Å². The maximum Gasteiger partial charge on any atom is 0.251 e. The Morgan fingerprint density at radius 1 is 1.12 bits per heavy atom. The molecule has 1 heterocycles. The first kappa shape index (κ1) is 17.3. The van der Waals surface area contributed by atoms with E-state index in [1.807, 2.05) is 35.0 Å². The maximum absolute atomic E-state index is 12.2. The minimum atomic E-state index is -0.0436. The lowest BCUT2D eigenvalue weighted by atomic mass is 10.1. The molecule has 0 atom stereocenters. The molecule has 0 radical (unpaired) electrons. The zero-order chi connectivity index (χ0) is 17.6. The highest BCUT2D eigenvalue weighted by molar-refractivity contribution is 7.99. The van der Waals surface area contributed by atoms with Crippen LogP contribution in [-0.2, 0) is 0 Å². The molecule has 0 unspecified atom stereocenters. The predicted octanol–water partition coefficient (Wildman–Crippen LogP) is 4.01. The number of imidazole rings is 1. The van der Waals surface area contributed by atoms with Gasteiger partial charge in [0, 0.05) is 40.8 Å². The SMILES string of the molecule is Cc1ccc(SCCNC(=O)c2ccc(-n3ccnc3)cc2)cc1C. The summed E-state index contributed by atoms with van der Waals surface area (Å²) >= 11 is 1.76. The molecule has 0 aliphatic rings. The van der Waals surface area contributed by atoms with Gasteiger partial charge in [0.2, 0.25) is 0 Å². The second kappa shape index (κ2) is 8.03. The topological polar surface area (TPSA) is 46.9 Å². The number of thioether (sulfide) groups is 1. The lowest BCUT2D eigenvalue weighted by Crippen LogP contribution is -2.25. The van der Waals surface area contributed by atoms with Crippen LogP contribution in [0.2, 0.25) is 0 Å². The average molecular weight is 351 g/mol. The number of aryl methyl sites for hydroxylation is 2. The molecule has 0 spiro atoms. The molecule has 4 nitrogen and oxygen atoms in total. The smallest absolute Gasteiger partial charge is 0.251 e. The molecule has 0 saturated carbocycles. The van der Waals surface area contributed by atoms with Crippen molar-refractivity contribution in [2.45, 2.75) is 18.7 Å². The van der Waals surface area contributed by atoms with Gasteiger partial charge in [-0.05, 0) is 61.4 Å². The average Bonchev–Trinajstić information content (AvgIpc) is 3.16. The van der Waals surface area contributed by atoms with Gasteiger partial charge in [-0.25, -0.2) is 4.98 Å². The summed E-state index contributed by atoms with van der Waals surface area (Å²) in [4.78, 5) is 17.5. The lowest BCUT2D eigenvalue weighted by molar-refractivity contribution is 0.0956. The van der Waals surface area contributed by atoms with Gasteiger partial charge >= 0.3 is 0 Å². The Kier molecular flexibility index (Phi) is 5.56. The number of hydrogen-bond donors (Lipinski definition) is 1. The van der Waals surface area contributed by atoms with E-state index in [0.29, 0.717) is 12.1 Å². The first-order valence-electron chi connectivity index (χ1n) is 8.20. The zero-order valence-electron chi connectivity index (χ0n) is 14.4. The van der Waals surface area contributed by atoms with Gasteiger partial charge in [0.05, 0.1) is 6.33 Å². The third-order valence-electron chi connectivity index (χ3n) is 4.07. The van der Waals surface area contributed by atoms with Gasteiger partial charge in [-0.2, -0.15) is 0 Å². The van der Waals surface area contributed by atoms with E-state index in [1.54, 1.807) is 24.3 Å². The summed E-state index contributed by atoms with van der Waals surface area (Å²) < 4.78 is 1.90. The molecule has 1 N–H and O–H groups in total. The van der Waals surface area contributed by atoms with Crippen molar-refractivity contribution in [2.24, 2.45) is 0 Å². The highest BCUT2D eigenvalue weighted by Crippen LogP contribution is 2.20. The first-order valence-corrected chi connectivity index (χ1v) is 9.19. The van der Waals surface area contributed by atoms with Gasteiger partial charge < -0.3 is 9.88 Å². The monoisotopic (exact) mass is 351 g/mol. The Labute approximate surface area is 152 Å². The summed E-state index contributed by atoms with van der Waals surface area (Å²) in [6.45, 7) is 4.87. The van der Waals surface area contributed by atoms with Crippen molar-refractivity contribution in [2.75, 3.05) is 12.3 Å². The maximum atomic E-state index is 12.2. The van der Waals surface area contributed by atoms with Gasteiger partial charge in [-0.1, -0.05) is 6.07 Å². The van der Waals surface area contributed by atoms with E-state index in [-0.39, 0.29) is 5.91 Å².